The third-order valence-electron chi connectivity index (χ3n) is 4.35. The zero-order valence-electron chi connectivity index (χ0n) is 11.2. The topological polar surface area (TPSA) is 38.5 Å². The SMILES string of the molecule is CCC1CCCC1(CN)N(CC)CCOC. The average Bonchev–Trinajstić information content (AvgIpc) is 2.74. The number of likely N-dealkylation sites (N-methyl/N-ethyl adjacent to an activating group) is 1. The number of ether oxygens (including phenoxy) is 1. The first kappa shape index (κ1) is 13.9. The first-order valence-electron chi connectivity index (χ1n) is 6.69. The summed E-state index contributed by atoms with van der Waals surface area (Å²) < 4.78 is 5.21. The number of methoxy groups -OCH3 is 1. The summed E-state index contributed by atoms with van der Waals surface area (Å²) in [5.41, 5.74) is 6.35. The van der Waals surface area contributed by atoms with E-state index in [4.69, 9.17) is 10.5 Å². The van der Waals surface area contributed by atoms with E-state index in [9.17, 15) is 0 Å². The first-order chi connectivity index (χ1) is 7.75. The van der Waals surface area contributed by atoms with Crippen molar-refractivity contribution in [2.75, 3.05) is 33.4 Å². The minimum absolute atomic E-state index is 0.252. The zero-order valence-corrected chi connectivity index (χ0v) is 11.2. The maximum atomic E-state index is 6.10. The highest BCUT2D eigenvalue weighted by molar-refractivity contribution is 5.01. The van der Waals surface area contributed by atoms with Gasteiger partial charge in [0.05, 0.1) is 6.61 Å². The van der Waals surface area contributed by atoms with Crippen molar-refractivity contribution in [2.45, 2.75) is 45.1 Å². The summed E-state index contributed by atoms with van der Waals surface area (Å²) in [5.74, 6) is 0.773. The Morgan fingerprint density at radius 3 is 2.69 bits per heavy atom. The van der Waals surface area contributed by atoms with Gasteiger partial charge in [-0.3, -0.25) is 4.90 Å². The van der Waals surface area contributed by atoms with Crippen molar-refractivity contribution in [1.29, 1.82) is 0 Å². The standard InChI is InChI=1S/C13H28N2O/c1-4-12-7-6-8-13(12,11-14)15(5-2)9-10-16-3/h12H,4-11,14H2,1-3H3. The number of hydrogen-bond donors (Lipinski definition) is 1. The third kappa shape index (κ3) is 2.58. The molecule has 0 aliphatic heterocycles. The second-order valence-corrected chi connectivity index (χ2v) is 4.88. The molecule has 0 saturated heterocycles. The molecule has 1 fully saturated rings. The molecule has 2 unspecified atom stereocenters. The molecule has 0 aromatic carbocycles. The summed E-state index contributed by atoms with van der Waals surface area (Å²) in [6.45, 7) is 8.23. The Hall–Kier alpha value is -0.120. The van der Waals surface area contributed by atoms with Gasteiger partial charge in [-0.2, -0.15) is 0 Å². The van der Waals surface area contributed by atoms with E-state index in [0.717, 1.165) is 32.2 Å². The third-order valence-corrected chi connectivity index (χ3v) is 4.35. The van der Waals surface area contributed by atoms with Crippen molar-refractivity contribution in [3.63, 3.8) is 0 Å². The van der Waals surface area contributed by atoms with Crippen LogP contribution in [0.3, 0.4) is 0 Å². The largest absolute Gasteiger partial charge is 0.383 e. The summed E-state index contributed by atoms with van der Waals surface area (Å²) in [6, 6.07) is 0. The van der Waals surface area contributed by atoms with Gasteiger partial charge in [-0.05, 0) is 25.3 Å². The maximum absolute atomic E-state index is 6.10. The Labute approximate surface area is 100 Å². The van der Waals surface area contributed by atoms with E-state index < -0.39 is 0 Å². The smallest absolute Gasteiger partial charge is 0.0589 e. The van der Waals surface area contributed by atoms with Crippen molar-refractivity contribution in [1.82, 2.24) is 4.90 Å². The minimum atomic E-state index is 0.252. The fourth-order valence-electron chi connectivity index (χ4n) is 3.42. The number of nitrogens with two attached hydrogens (primary N) is 1. The molecule has 0 aromatic heterocycles. The van der Waals surface area contributed by atoms with Crippen LogP contribution in [0.15, 0.2) is 0 Å². The average molecular weight is 228 g/mol. The van der Waals surface area contributed by atoms with Gasteiger partial charge < -0.3 is 10.5 Å². The van der Waals surface area contributed by atoms with Crippen LogP contribution in [0, 0.1) is 5.92 Å². The molecule has 16 heavy (non-hydrogen) atoms. The van der Waals surface area contributed by atoms with E-state index in [1.165, 1.54) is 25.7 Å². The van der Waals surface area contributed by atoms with Crippen LogP contribution in [-0.2, 0) is 4.74 Å². The predicted octanol–water partition coefficient (Wildman–Crippen LogP) is 1.86. The van der Waals surface area contributed by atoms with E-state index in [2.05, 4.69) is 18.7 Å². The Morgan fingerprint density at radius 2 is 2.19 bits per heavy atom. The molecule has 96 valence electrons. The molecule has 0 radical (unpaired) electrons. The molecular formula is C13H28N2O. The van der Waals surface area contributed by atoms with Crippen molar-refractivity contribution < 1.29 is 4.74 Å². The van der Waals surface area contributed by atoms with Gasteiger partial charge in [0.25, 0.3) is 0 Å². The van der Waals surface area contributed by atoms with E-state index in [-0.39, 0.29) is 5.54 Å². The molecule has 1 aliphatic rings. The molecular weight excluding hydrogens is 200 g/mol. The van der Waals surface area contributed by atoms with E-state index >= 15 is 0 Å². The van der Waals surface area contributed by atoms with E-state index in [0.29, 0.717) is 0 Å². The normalized spacial score (nSPS) is 30.2. The highest BCUT2D eigenvalue weighted by Gasteiger charge is 2.44. The molecule has 3 nitrogen and oxygen atoms in total. The van der Waals surface area contributed by atoms with Crippen molar-refractivity contribution >= 4 is 0 Å². The summed E-state index contributed by atoms with van der Waals surface area (Å²) in [4.78, 5) is 2.55. The minimum Gasteiger partial charge on any atom is -0.383 e. The molecule has 1 aliphatic carbocycles. The van der Waals surface area contributed by atoms with Gasteiger partial charge in [0, 0.05) is 25.7 Å². The van der Waals surface area contributed by atoms with Gasteiger partial charge in [-0.25, -0.2) is 0 Å². The Kier molecular flexibility index (Phi) is 5.73. The molecule has 2 N–H and O–H groups in total. The second-order valence-electron chi connectivity index (χ2n) is 4.88. The molecule has 0 spiro atoms. The van der Waals surface area contributed by atoms with Crippen LogP contribution < -0.4 is 5.73 Å². The summed E-state index contributed by atoms with van der Waals surface area (Å²) in [6.07, 6.45) is 5.19. The Morgan fingerprint density at radius 1 is 1.44 bits per heavy atom. The lowest BCUT2D eigenvalue weighted by Crippen LogP contribution is -2.57. The quantitative estimate of drug-likeness (QED) is 0.723. The van der Waals surface area contributed by atoms with Gasteiger partial charge in [-0.1, -0.05) is 26.7 Å². The van der Waals surface area contributed by atoms with Crippen LogP contribution in [0.1, 0.15) is 39.5 Å². The zero-order chi connectivity index (χ0) is 12.0. The molecule has 0 bridgehead atoms. The van der Waals surface area contributed by atoms with Crippen LogP contribution in [0.5, 0.6) is 0 Å². The number of rotatable bonds is 7. The summed E-state index contributed by atoms with van der Waals surface area (Å²) >= 11 is 0. The molecule has 3 heteroatoms. The maximum Gasteiger partial charge on any atom is 0.0589 e. The highest BCUT2D eigenvalue weighted by atomic mass is 16.5. The molecule has 1 saturated carbocycles. The second kappa shape index (κ2) is 6.58. The fraction of sp³-hybridized carbons (Fsp3) is 1.00. The van der Waals surface area contributed by atoms with Crippen LogP contribution in [0.4, 0.5) is 0 Å². The Balaban J connectivity index is 2.74. The van der Waals surface area contributed by atoms with Crippen LogP contribution in [0.25, 0.3) is 0 Å². The van der Waals surface area contributed by atoms with Crippen molar-refractivity contribution in [3.05, 3.63) is 0 Å². The molecule has 1 rings (SSSR count). The van der Waals surface area contributed by atoms with Crippen LogP contribution >= 0.6 is 0 Å². The van der Waals surface area contributed by atoms with Gasteiger partial charge in [0.1, 0.15) is 0 Å². The van der Waals surface area contributed by atoms with E-state index in [1.54, 1.807) is 7.11 Å². The lowest BCUT2D eigenvalue weighted by Gasteiger charge is -2.44. The monoisotopic (exact) mass is 228 g/mol. The van der Waals surface area contributed by atoms with Crippen molar-refractivity contribution in [2.24, 2.45) is 11.7 Å². The number of nitrogens with zero attached hydrogens (tertiary/aromatic N) is 1. The van der Waals surface area contributed by atoms with Gasteiger partial charge in [0.2, 0.25) is 0 Å². The first-order valence-corrected chi connectivity index (χ1v) is 6.69. The summed E-state index contributed by atoms with van der Waals surface area (Å²) in [7, 11) is 1.77. The fourth-order valence-corrected chi connectivity index (χ4v) is 3.42. The molecule has 2 atom stereocenters. The van der Waals surface area contributed by atoms with Crippen LogP contribution in [0.2, 0.25) is 0 Å². The molecule has 0 amide bonds. The lowest BCUT2D eigenvalue weighted by molar-refractivity contribution is 0.0361. The lowest BCUT2D eigenvalue weighted by atomic mass is 9.83. The van der Waals surface area contributed by atoms with Crippen molar-refractivity contribution in [3.8, 4) is 0 Å². The Bertz CT molecular complexity index is 198. The van der Waals surface area contributed by atoms with E-state index in [1.807, 2.05) is 0 Å². The van der Waals surface area contributed by atoms with Gasteiger partial charge in [0.15, 0.2) is 0 Å². The predicted molar refractivity (Wildman–Crippen MR) is 68.5 cm³/mol. The van der Waals surface area contributed by atoms with Gasteiger partial charge >= 0.3 is 0 Å². The highest BCUT2D eigenvalue weighted by Crippen LogP contribution is 2.41. The molecule has 0 heterocycles. The molecule has 0 aromatic rings. The summed E-state index contributed by atoms with van der Waals surface area (Å²) in [5, 5.41) is 0. The number of hydrogen-bond acceptors (Lipinski definition) is 3. The van der Waals surface area contributed by atoms with Gasteiger partial charge in [-0.15, -0.1) is 0 Å². The van der Waals surface area contributed by atoms with Crippen LogP contribution in [-0.4, -0.2) is 43.8 Å².